The third kappa shape index (κ3) is 5.92. The monoisotopic (exact) mass is 428 g/mol. The normalized spacial score (nSPS) is 10.9. The maximum atomic E-state index is 13.1. The second kappa shape index (κ2) is 10.7. The number of methoxy groups -OCH3 is 1. The highest BCUT2D eigenvalue weighted by atomic mass is 16.5. The number of carbonyl (C=O) groups is 3. The fraction of sp³-hybridized carbons (Fsp3) is 0.115. The van der Waals surface area contributed by atoms with Crippen LogP contribution in [0.2, 0.25) is 0 Å². The van der Waals surface area contributed by atoms with E-state index in [2.05, 4.69) is 10.1 Å². The van der Waals surface area contributed by atoms with Gasteiger partial charge in [-0.3, -0.25) is 9.59 Å². The van der Waals surface area contributed by atoms with Gasteiger partial charge in [0, 0.05) is 23.0 Å². The molecule has 0 aromatic heterocycles. The number of hydrogen-bond acceptors (Lipinski definition) is 4. The lowest BCUT2D eigenvalue weighted by atomic mass is 10.1. The Kier molecular flexibility index (Phi) is 7.54. The van der Waals surface area contributed by atoms with Gasteiger partial charge in [0.25, 0.3) is 11.8 Å². The first-order valence-electron chi connectivity index (χ1n) is 10.1. The Labute approximate surface area is 187 Å². The number of anilines is 2. The Balaban J connectivity index is 1.75. The second-order valence-electron chi connectivity index (χ2n) is 7.10. The van der Waals surface area contributed by atoms with Crippen LogP contribution >= 0.6 is 0 Å². The van der Waals surface area contributed by atoms with Gasteiger partial charge in [0.1, 0.15) is 0 Å². The fourth-order valence-electron chi connectivity index (χ4n) is 3.04. The van der Waals surface area contributed by atoms with Crippen LogP contribution in [-0.4, -0.2) is 24.9 Å². The zero-order valence-corrected chi connectivity index (χ0v) is 17.9. The summed E-state index contributed by atoms with van der Waals surface area (Å²) in [5.41, 5.74) is 2.87. The highest BCUT2D eigenvalue weighted by Gasteiger charge is 2.16. The molecule has 3 aromatic carbocycles. The zero-order valence-electron chi connectivity index (χ0n) is 17.9. The van der Waals surface area contributed by atoms with Crippen LogP contribution in [0, 0.1) is 0 Å². The first-order chi connectivity index (χ1) is 15.5. The molecule has 3 aromatic rings. The van der Waals surface area contributed by atoms with Crippen molar-refractivity contribution in [2.24, 2.45) is 0 Å². The summed E-state index contributed by atoms with van der Waals surface area (Å²) in [5.74, 6) is -1.16. The fourth-order valence-corrected chi connectivity index (χ4v) is 3.04. The lowest BCUT2D eigenvalue weighted by molar-refractivity contribution is -0.116. The summed E-state index contributed by atoms with van der Waals surface area (Å²) < 4.78 is 4.66. The molecule has 0 aliphatic heterocycles. The van der Waals surface area contributed by atoms with Gasteiger partial charge in [-0.25, -0.2) is 4.79 Å². The molecule has 0 bridgehead atoms. The first kappa shape index (κ1) is 22.5. The van der Waals surface area contributed by atoms with E-state index in [1.165, 1.54) is 13.2 Å². The van der Waals surface area contributed by atoms with Crippen molar-refractivity contribution >= 4 is 29.2 Å². The van der Waals surface area contributed by atoms with Crippen LogP contribution in [0.5, 0.6) is 0 Å². The Hall–Kier alpha value is -4.19. The number of para-hydroxylation sites is 1. The molecule has 2 amide bonds. The van der Waals surface area contributed by atoms with Crippen molar-refractivity contribution in [3.8, 4) is 0 Å². The van der Waals surface area contributed by atoms with Crippen molar-refractivity contribution in [3.63, 3.8) is 0 Å². The smallest absolute Gasteiger partial charge is 0.337 e. The number of esters is 1. The molecule has 0 unspecified atom stereocenters. The molecule has 162 valence electrons. The molecule has 32 heavy (non-hydrogen) atoms. The molecule has 1 N–H and O–H groups in total. The van der Waals surface area contributed by atoms with Gasteiger partial charge in [-0.2, -0.15) is 0 Å². The summed E-state index contributed by atoms with van der Waals surface area (Å²) in [6.45, 7) is 1.96. The van der Waals surface area contributed by atoms with Crippen LogP contribution in [0.3, 0.4) is 0 Å². The van der Waals surface area contributed by atoms with Crippen molar-refractivity contribution in [1.29, 1.82) is 0 Å². The van der Waals surface area contributed by atoms with E-state index < -0.39 is 11.9 Å². The first-order valence-corrected chi connectivity index (χ1v) is 10.1. The number of amides is 2. The van der Waals surface area contributed by atoms with Gasteiger partial charge in [0.05, 0.1) is 19.2 Å². The predicted octanol–water partition coefficient (Wildman–Crippen LogP) is 4.59. The van der Waals surface area contributed by atoms with Crippen LogP contribution in [0.25, 0.3) is 0 Å². The molecule has 0 heterocycles. The molecule has 0 aliphatic carbocycles. The van der Waals surface area contributed by atoms with Crippen molar-refractivity contribution in [3.05, 3.63) is 108 Å². The van der Waals surface area contributed by atoms with E-state index in [9.17, 15) is 14.4 Å². The molecular formula is C26H24N2O4. The summed E-state index contributed by atoms with van der Waals surface area (Å²) in [4.78, 5) is 38.8. The van der Waals surface area contributed by atoms with Gasteiger partial charge in [-0.05, 0) is 48.9 Å². The van der Waals surface area contributed by atoms with Crippen molar-refractivity contribution in [2.45, 2.75) is 13.5 Å². The molecule has 3 rings (SSSR count). The molecular weight excluding hydrogens is 404 g/mol. The molecule has 0 fully saturated rings. The van der Waals surface area contributed by atoms with E-state index in [0.29, 0.717) is 17.8 Å². The molecule has 6 nitrogen and oxygen atoms in total. The topological polar surface area (TPSA) is 75.7 Å². The number of hydrogen-bond donors (Lipinski definition) is 1. The van der Waals surface area contributed by atoms with E-state index in [1.54, 1.807) is 36.1 Å². The maximum Gasteiger partial charge on any atom is 0.337 e. The largest absolute Gasteiger partial charge is 0.465 e. The minimum atomic E-state index is -0.455. The quantitative estimate of drug-likeness (QED) is 0.441. The Morgan fingerprint density at radius 1 is 0.875 bits per heavy atom. The van der Waals surface area contributed by atoms with Crippen molar-refractivity contribution in [2.75, 3.05) is 17.3 Å². The van der Waals surface area contributed by atoms with Crippen molar-refractivity contribution < 1.29 is 19.1 Å². The lowest BCUT2D eigenvalue weighted by Gasteiger charge is -2.22. The van der Waals surface area contributed by atoms with Gasteiger partial charge in [-0.1, -0.05) is 48.5 Å². The molecule has 0 atom stereocenters. The molecule has 0 radical (unpaired) electrons. The Morgan fingerprint density at radius 2 is 1.47 bits per heavy atom. The van der Waals surface area contributed by atoms with Crippen LogP contribution in [0.15, 0.2) is 96.6 Å². The second-order valence-corrected chi connectivity index (χ2v) is 7.10. The summed E-state index contributed by atoms with van der Waals surface area (Å²) in [5, 5.41) is 2.73. The summed E-state index contributed by atoms with van der Waals surface area (Å²) in [6, 6.07) is 25.3. The molecule has 0 saturated carbocycles. The number of benzene rings is 3. The standard InChI is InChI=1S/C26H24N2O4/c1-19(25(30)27-22-15-13-21(14-16-22)26(31)32-2)17-24(29)28(23-11-7-4-8-12-23)18-20-9-5-3-6-10-20/h3-17H,18H2,1-2H3,(H,27,30)/b19-17+. The molecule has 0 aliphatic rings. The lowest BCUT2D eigenvalue weighted by Crippen LogP contribution is -2.29. The van der Waals surface area contributed by atoms with Crippen molar-refractivity contribution in [1.82, 2.24) is 0 Å². The average molecular weight is 428 g/mol. The van der Waals surface area contributed by atoms with Gasteiger partial charge in [0.2, 0.25) is 0 Å². The van der Waals surface area contributed by atoms with Crippen LogP contribution in [0.1, 0.15) is 22.8 Å². The molecule has 0 spiro atoms. The number of carbonyl (C=O) groups excluding carboxylic acids is 3. The van der Waals surface area contributed by atoms with Gasteiger partial charge in [0.15, 0.2) is 0 Å². The van der Waals surface area contributed by atoms with E-state index in [1.807, 2.05) is 60.7 Å². The minimum Gasteiger partial charge on any atom is -0.465 e. The average Bonchev–Trinajstić information content (AvgIpc) is 2.83. The van der Waals surface area contributed by atoms with Crippen LogP contribution in [0.4, 0.5) is 11.4 Å². The Bertz CT molecular complexity index is 1110. The predicted molar refractivity (Wildman–Crippen MR) is 124 cm³/mol. The molecule has 0 saturated heterocycles. The SMILES string of the molecule is COC(=O)c1ccc(NC(=O)/C(C)=C/C(=O)N(Cc2ccccc2)c2ccccc2)cc1. The number of nitrogens with zero attached hydrogens (tertiary/aromatic N) is 1. The number of rotatable bonds is 7. The Morgan fingerprint density at radius 3 is 2.06 bits per heavy atom. The van der Waals surface area contributed by atoms with E-state index in [0.717, 1.165) is 11.3 Å². The third-order valence-corrected chi connectivity index (χ3v) is 4.78. The number of nitrogens with one attached hydrogen (secondary N) is 1. The summed E-state index contributed by atoms with van der Waals surface area (Å²) in [6.07, 6.45) is 1.33. The van der Waals surface area contributed by atoms with Crippen LogP contribution < -0.4 is 10.2 Å². The maximum absolute atomic E-state index is 13.1. The summed E-state index contributed by atoms with van der Waals surface area (Å²) in [7, 11) is 1.31. The van der Waals surface area contributed by atoms with E-state index >= 15 is 0 Å². The van der Waals surface area contributed by atoms with Gasteiger partial charge in [-0.15, -0.1) is 0 Å². The minimum absolute atomic E-state index is 0.265. The number of ether oxygens (including phenoxy) is 1. The zero-order chi connectivity index (χ0) is 22.9. The highest BCUT2D eigenvalue weighted by Crippen LogP contribution is 2.18. The van der Waals surface area contributed by atoms with E-state index in [4.69, 9.17) is 0 Å². The molecule has 6 heteroatoms. The van der Waals surface area contributed by atoms with E-state index in [-0.39, 0.29) is 11.5 Å². The summed E-state index contributed by atoms with van der Waals surface area (Å²) >= 11 is 0. The van der Waals surface area contributed by atoms with Gasteiger partial charge < -0.3 is 15.0 Å². The third-order valence-electron chi connectivity index (χ3n) is 4.78. The van der Waals surface area contributed by atoms with Crippen LogP contribution in [-0.2, 0) is 20.9 Å². The highest BCUT2D eigenvalue weighted by molar-refractivity contribution is 6.10. The van der Waals surface area contributed by atoms with Gasteiger partial charge >= 0.3 is 5.97 Å².